The van der Waals surface area contributed by atoms with Crippen LogP contribution >= 0.6 is 0 Å². The Balaban J connectivity index is 1.56. The zero-order chi connectivity index (χ0) is 15.1. The third-order valence-corrected chi connectivity index (χ3v) is 4.61. The number of hydrogen-bond acceptors (Lipinski definition) is 4. The van der Waals surface area contributed by atoms with Crippen LogP contribution in [0.15, 0.2) is 34.3 Å². The van der Waals surface area contributed by atoms with Gasteiger partial charge in [0.2, 0.25) is 6.10 Å². The van der Waals surface area contributed by atoms with E-state index >= 15 is 0 Å². The van der Waals surface area contributed by atoms with Gasteiger partial charge in [0.1, 0.15) is 17.3 Å². The molecule has 0 radical (unpaired) electrons. The number of likely N-dealkylation sites (tertiary alicyclic amines) is 1. The summed E-state index contributed by atoms with van der Waals surface area (Å²) in [6, 6.07) is 7.66. The molecule has 1 amide bonds. The monoisotopic (exact) mass is 297 g/mol. The van der Waals surface area contributed by atoms with E-state index in [9.17, 15) is 4.79 Å². The van der Waals surface area contributed by atoms with Crippen molar-refractivity contribution in [3.05, 3.63) is 29.8 Å². The van der Waals surface area contributed by atoms with Crippen LogP contribution in [0.2, 0.25) is 0 Å². The van der Waals surface area contributed by atoms with Gasteiger partial charge >= 0.3 is 0 Å². The largest absolute Gasteiger partial charge is 0.473 e. The number of amides is 1. The normalized spacial score (nSPS) is 25.1. The molecule has 1 aromatic rings. The molecule has 1 saturated heterocycles. The molecule has 22 heavy (non-hydrogen) atoms. The molecule has 114 valence electrons. The molecular weight excluding hydrogens is 278 g/mol. The van der Waals surface area contributed by atoms with Gasteiger partial charge in [0, 0.05) is 5.56 Å². The van der Waals surface area contributed by atoms with Crippen LogP contribution in [0.4, 0.5) is 0 Å². The Morgan fingerprint density at radius 1 is 1.23 bits per heavy atom. The number of aliphatic imine (C=N–C) groups is 2. The second kappa shape index (κ2) is 5.32. The minimum absolute atomic E-state index is 0.235. The molecule has 4 rings (SSSR count). The van der Waals surface area contributed by atoms with E-state index in [1.165, 1.54) is 12.8 Å². The summed E-state index contributed by atoms with van der Waals surface area (Å²) in [6.07, 6.45) is 1.75. The minimum atomic E-state index is -0.650. The molecule has 0 aliphatic carbocycles. The molecule has 1 unspecified atom stereocenters. The highest BCUT2D eigenvalue weighted by molar-refractivity contribution is 6.26. The third-order valence-electron chi connectivity index (χ3n) is 4.61. The van der Waals surface area contributed by atoms with E-state index in [0.717, 1.165) is 36.0 Å². The maximum Gasteiger partial charge on any atom is 0.294 e. The molecule has 5 nitrogen and oxygen atoms in total. The quantitative estimate of drug-likeness (QED) is 0.838. The van der Waals surface area contributed by atoms with Crippen LogP contribution in [0.1, 0.15) is 25.3 Å². The number of benzene rings is 1. The first-order chi connectivity index (χ1) is 10.7. The van der Waals surface area contributed by atoms with Crippen molar-refractivity contribution in [2.24, 2.45) is 15.9 Å². The Bertz CT molecular complexity index is 672. The van der Waals surface area contributed by atoms with Crippen molar-refractivity contribution in [1.29, 1.82) is 0 Å². The molecule has 5 heteroatoms. The standard InChI is InChI=1S/C17H19N3O2/c1-11-6-8-20(9-7-11)10-14-18-15-12-4-2-3-5-13(12)22-16(15)17(21)19-14/h2-5,11,16H,6-10H2,1H3. The summed E-state index contributed by atoms with van der Waals surface area (Å²) in [6.45, 7) is 5.04. The third kappa shape index (κ3) is 2.35. The summed E-state index contributed by atoms with van der Waals surface area (Å²) in [5.74, 6) is 1.90. The lowest BCUT2D eigenvalue weighted by Crippen LogP contribution is -2.40. The van der Waals surface area contributed by atoms with Crippen LogP contribution in [0.3, 0.4) is 0 Å². The lowest BCUT2D eigenvalue weighted by atomic mass is 9.99. The lowest BCUT2D eigenvalue weighted by molar-refractivity contribution is -0.121. The molecule has 0 bridgehead atoms. The van der Waals surface area contributed by atoms with Gasteiger partial charge in [-0.2, -0.15) is 4.99 Å². The van der Waals surface area contributed by atoms with Crippen molar-refractivity contribution in [1.82, 2.24) is 4.90 Å². The molecule has 1 aromatic carbocycles. The summed E-state index contributed by atoms with van der Waals surface area (Å²) in [5, 5.41) is 0. The molecular formula is C17H19N3O2. The Kier molecular flexibility index (Phi) is 3.30. The van der Waals surface area contributed by atoms with Crippen LogP contribution in [0.25, 0.3) is 0 Å². The highest BCUT2D eigenvalue weighted by Gasteiger charge is 2.38. The number of nitrogens with zero attached hydrogens (tertiary/aromatic N) is 3. The van der Waals surface area contributed by atoms with E-state index < -0.39 is 6.10 Å². The fourth-order valence-corrected chi connectivity index (χ4v) is 3.23. The van der Waals surface area contributed by atoms with E-state index in [0.29, 0.717) is 12.4 Å². The topological polar surface area (TPSA) is 54.3 Å². The number of carbonyl (C=O) groups excluding carboxylic acids is 1. The average molecular weight is 297 g/mol. The van der Waals surface area contributed by atoms with Gasteiger partial charge in [-0.25, -0.2) is 4.99 Å². The maximum absolute atomic E-state index is 12.2. The summed E-state index contributed by atoms with van der Waals surface area (Å²) < 4.78 is 5.67. The van der Waals surface area contributed by atoms with Crippen molar-refractivity contribution in [2.45, 2.75) is 25.9 Å². The zero-order valence-electron chi connectivity index (χ0n) is 12.7. The first-order valence-corrected chi connectivity index (χ1v) is 7.89. The van der Waals surface area contributed by atoms with Crippen LogP contribution < -0.4 is 4.74 Å². The molecule has 0 N–H and O–H groups in total. The smallest absolute Gasteiger partial charge is 0.294 e. The Hall–Kier alpha value is -2.01. The Labute approximate surface area is 129 Å². The van der Waals surface area contributed by atoms with Gasteiger partial charge in [-0.15, -0.1) is 0 Å². The van der Waals surface area contributed by atoms with E-state index in [-0.39, 0.29) is 5.91 Å². The molecule has 1 atom stereocenters. The molecule has 3 aliphatic heterocycles. The first-order valence-electron chi connectivity index (χ1n) is 7.89. The second-order valence-electron chi connectivity index (χ2n) is 6.32. The Morgan fingerprint density at radius 3 is 2.82 bits per heavy atom. The highest BCUT2D eigenvalue weighted by Crippen LogP contribution is 2.31. The second-order valence-corrected chi connectivity index (χ2v) is 6.32. The van der Waals surface area contributed by atoms with Crippen LogP contribution in [-0.4, -0.2) is 48.1 Å². The van der Waals surface area contributed by atoms with Crippen molar-refractivity contribution in [2.75, 3.05) is 19.6 Å². The molecule has 0 spiro atoms. The lowest BCUT2D eigenvalue weighted by Gasteiger charge is -2.30. The van der Waals surface area contributed by atoms with Crippen molar-refractivity contribution in [3.63, 3.8) is 0 Å². The van der Waals surface area contributed by atoms with E-state index in [1.54, 1.807) is 0 Å². The average Bonchev–Trinajstić information content (AvgIpc) is 2.89. The Morgan fingerprint density at radius 2 is 2.00 bits per heavy atom. The summed E-state index contributed by atoms with van der Waals surface area (Å²) in [7, 11) is 0. The summed E-state index contributed by atoms with van der Waals surface area (Å²) in [4.78, 5) is 23.3. The number of fused-ring (bicyclic) bond motifs is 3. The van der Waals surface area contributed by atoms with Gasteiger partial charge in [-0.1, -0.05) is 19.1 Å². The molecule has 1 fully saturated rings. The van der Waals surface area contributed by atoms with Gasteiger partial charge in [0.05, 0.1) is 6.54 Å². The van der Waals surface area contributed by atoms with E-state index in [4.69, 9.17) is 4.74 Å². The van der Waals surface area contributed by atoms with Gasteiger partial charge in [0.25, 0.3) is 5.91 Å². The number of rotatable bonds is 2. The molecule has 0 saturated carbocycles. The molecule has 0 aromatic heterocycles. The summed E-state index contributed by atoms with van der Waals surface area (Å²) in [5.41, 5.74) is 1.64. The number of piperidine rings is 1. The van der Waals surface area contributed by atoms with Crippen molar-refractivity contribution in [3.8, 4) is 5.75 Å². The molecule has 3 heterocycles. The van der Waals surface area contributed by atoms with E-state index in [1.807, 2.05) is 24.3 Å². The van der Waals surface area contributed by atoms with Gasteiger partial charge in [-0.3, -0.25) is 9.69 Å². The van der Waals surface area contributed by atoms with Crippen LogP contribution in [0.5, 0.6) is 5.75 Å². The number of para-hydroxylation sites is 1. The van der Waals surface area contributed by atoms with Gasteiger partial charge < -0.3 is 4.74 Å². The highest BCUT2D eigenvalue weighted by atomic mass is 16.5. The first kappa shape index (κ1) is 13.6. The SMILES string of the molecule is CC1CCN(CC2=NC(=O)C3Oc4ccccc4C3=N2)CC1. The van der Waals surface area contributed by atoms with Crippen LogP contribution in [-0.2, 0) is 4.79 Å². The minimum Gasteiger partial charge on any atom is -0.473 e. The maximum atomic E-state index is 12.2. The van der Waals surface area contributed by atoms with Crippen molar-refractivity contribution < 1.29 is 9.53 Å². The van der Waals surface area contributed by atoms with Gasteiger partial charge in [-0.05, 0) is 44.0 Å². The van der Waals surface area contributed by atoms with E-state index in [2.05, 4.69) is 21.8 Å². The number of ether oxygens (including phenoxy) is 1. The zero-order valence-corrected chi connectivity index (χ0v) is 12.7. The number of hydrogen-bond donors (Lipinski definition) is 0. The number of carbonyl (C=O) groups is 1. The van der Waals surface area contributed by atoms with Crippen molar-refractivity contribution >= 4 is 17.5 Å². The van der Waals surface area contributed by atoms with Crippen LogP contribution in [0, 0.1) is 5.92 Å². The predicted molar refractivity (Wildman–Crippen MR) is 84.7 cm³/mol. The predicted octanol–water partition coefficient (Wildman–Crippen LogP) is 1.91. The molecule has 3 aliphatic rings. The summed E-state index contributed by atoms with van der Waals surface area (Å²) >= 11 is 0. The van der Waals surface area contributed by atoms with Gasteiger partial charge in [0.15, 0.2) is 0 Å². The fourth-order valence-electron chi connectivity index (χ4n) is 3.23. The fraction of sp³-hybridized carbons (Fsp3) is 0.471. The number of amidine groups is 1.